The molecule has 1 saturated carbocycles. The SMILES string of the molecule is CCOCC(C)NC1CCCCCC1CO. The van der Waals surface area contributed by atoms with E-state index in [1.807, 2.05) is 6.92 Å². The van der Waals surface area contributed by atoms with E-state index in [4.69, 9.17) is 4.74 Å². The van der Waals surface area contributed by atoms with E-state index < -0.39 is 0 Å². The van der Waals surface area contributed by atoms with Crippen LogP contribution in [0.5, 0.6) is 0 Å². The fourth-order valence-electron chi connectivity index (χ4n) is 2.53. The summed E-state index contributed by atoms with van der Waals surface area (Å²) in [4.78, 5) is 0. The van der Waals surface area contributed by atoms with Gasteiger partial charge in [-0.2, -0.15) is 0 Å². The number of rotatable bonds is 6. The number of ether oxygens (including phenoxy) is 1. The lowest BCUT2D eigenvalue weighted by Crippen LogP contribution is -2.44. The van der Waals surface area contributed by atoms with Crippen LogP contribution in [-0.4, -0.2) is 37.0 Å². The van der Waals surface area contributed by atoms with E-state index in [1.165, 1.54) is 25.7 Å². The van der Waals surface area contributed by atoms with Crippen LogP contribution in [0, 0.1) is 5.92 Å². The van der Waals surface area contributed by atoms with Crippen molar-refractivity contribution < 1.29 is 9.84 Å². The van der Waals surface area contributed by atoms with E-state index in [0.717, 1.165) is 19.6 Å². The number of hydrogen-bond donors (Lipinski definition) is 2. The molecule has 1 aliphatic rings. The monoisotopic (exact) mass is 229 g/mol. The van der Waals surface area contributed by atoms with Crippen LogP contribution in [0.2, 0.25) is 0 Å². The Labute approximate surface area is 99.6 Å². The molecule has 0 aromatic rings. The van der Waals surface area contributed by atoms with E-state index in [-0.39, 0.29) is 0 Å². The Morgan fingerprint density at radius 3 is 2.75 bits per heavy atom. The second kappa shape index (κ2) is 8.04. The molecule has 3 heteroatoms. The molecule has 3 atom stereocenters. The lowest BCUT2D eigenvalue weighted by atomic mass is 9.95. The van der Waals surface area contributed by atoms with Gasteiger partial charge in [0.05, 0.1) is 6.61 Å². The molecule has 0 radical (unpaired) electrons. The standard InChI is InChI=1S/C13H27NO2/c1-3-16-10-11(2)14-13-8-6-4-5-7-12(13)9-15/h11-15H,3-10H2,1-2H3. The minimum Gasteiger partial charge on any atom is -0.396 e. The summed E-state index contributed by atoms with van der Waals surface area (Å²) >= 11 is 0. The molecule has 0 aromatic heterocycles. The average Bonchev–Trinajstić information content (AvgIpc) is 2.51. The molecule has 16 heavy (non-hydrogen) atoms. The zero-order valence-electron chi connectivity index (χ0n) is 10.7. The predicted molar refractivity (Wildman–Crippen MR) is 66.5 cm³/mol. The smallest absolute Gasteiger partial charge is 0.0616 e. The molecule has 0 aromatic carbocycles. The largest absolute Gasteiger partial charge is 0.396 e. The van der Waals surface area contributed by atoms with Crippen molar-refractivity contribution in [2.45, 2.75) is 58.0 Å². The first kappa shape index (κ1) is 13.9. The molecule has 0 bridgehead atoms. The van der Waals surface area contributed by atoms with Crippen molar-refractivity contribution in [2.24, 2.45) is 5.92 Å². The number of aliphatic hydroxyl groups is 1. The number of hydrogen-bond acceptors (Lipinski definition) is 3. The molecule has 2 N–H and O–H groups in total. The van der Waals surface area contributed by atoms with Gasteiger partial charge in [-0.1, -0.05) is 19.3 Å². The Morgan fingerprint density at radius 1 is 1.31 bits per heavy atom. The fraction of sp³-hybridized carbons (Fsp3) is 1.00. The van der Waals surface area contributed by atoms with Crippen molar-refractivity contribution >= 4 is 0 Å². The summed E-state index contributed by atoms with van der Waals surface area (Å²) in [6, 6.07) is 0.861. The molecule has 0 saturated heterocycles. The van der Waals surface area contributed by atoms with Gasteiger partial charge in [-0.15, -0.1) is 0 Å². The third kappa shape index (κ3) is 4.81. The first-order chi connectivity index (χ1) is 7.77. The molecule has 0 aliphatic heterocycles. The van der Waals surface area contributed by atoms with Crippen molar-refractivity contribution in [3.05, 3.63) is 0 Å². The third-order valence-corrected chi connectivity index (χ3v) is 3.46. The first-order valence-corrected chi connectivity index (χ1v) is 6.72. The summed E-state index contributed by atoms with van der Waals surface area (Å²) < 4.78 is 5.41. The summed E-state index contributed by atoms with van der Waals surface area (Å²) in [5, 5.41) is 13.0. The average molecular weight is 229 g/mol. The molecule has 1 rings (SSSR count). The lowest BCUT2D eigenvalue weighted by Gasteiger charge is -2.28. The van der Waals surface area contributed by atoms with Crippen molar-refractivity contribution in [2.75, 3.05) is 19.8 Å². The van der Waals surface area contributed by atoms with Gasteiger partial charge >= 0.3 is 0 Å². The van der Waals surface area contributed by atoms with Crippen molar-refractivity contribution in [3.63, 3.8) is 0 Å². The quantitative estimate of drug-likeness (QED) is 0.684. The maximum atomic E-state index is 9.40. The Balaban J connectivity index is 2.35. The van der Waals surface area contributed by atoms with Crippen molar-refractivity contribution in [1.29, 1.82) is 0 Å². The fourth-order valence-corrected chi connectivity index (χ4v) is 2.53. The van der Waals surface area contributed by atoms with Gasteiger partial charge < -0.3 is 15.2 Å². The second-order valence-corrected chi connectivity index (χ2v) is 4.91. The Hall–Kier alpha value is -0.120. The molecule has 0 amide bonds. The highest BCUT2D eigenvalue weighted by molar-refractivity contribution is 4.81. The molecule has 0 heterocycles. The summed E-state index contributed by atoms with van der Waals surface area (Å²) in [6.07, 6.45) is 6.23. The van der Waals surface area contributed by atoms with Crippen molar-refractivity contribution in [3.8, 4) is 0 Å². The number of nitrogens with one attached hydrogen (secondary N) is 1. The zero-order valence-corrected chi connectivity index (χ0v) is 10.7. The minimum absolute atomic E-state index is 0.318. The second-order valence-electron chi connectivity index (χ2n) is 4.91. The van der Waals surface area contributed by atoms with E-state index in [1.54, 1.807) is 0 Å². The summed E-state index contributed by atoms with van der Waals surface area (Å²) in [5.74, 6) is 0.437. The van der Waals surface area contributed by atoms with Crippen LogP contribution in [0.15, 0.2) is 0 Å². The summed E-state index contributed by atoms with van der Waals surface area (Å²) in [6.45, 7) is 6.05. The van der Waals surface area contributed by atoms with Gasteiger partial charge in [0.2, 0.25) is 0 Å². The summed E-state index contributed by atoms with van der Waals surface area (Å²) in [5.41, 5.74) is 0. The number of aliphatic hydroxyl groups excluding tert-OH is 1. The van der Waals surface area contributed by atoms with Gasteiger partial charge in [0.15, 0.2) is 0 Å². The van der Waals surface area contributed by atoms with E-state index in [9.17, 15) is 5.11 Å². The zero-order chi connectivity index (χ0) is 11.8. The Morgan fingerprint density at radius 2 is 2.06 bits per heavy atom. The molecule has 0 spiro atoms. The Bertz CT molecular complexity index is 175. The molecule has 3 unspecified atom stereocenters. The maximum absolute atomic E-state index is 9.40. The highest BCUT2D eigenvalue weighted by atomic mass is 16.5. The van der Waals surface area contributed by atoms with Gasteiger partial charge in [-0.25, -0.2) is 0 Å². The van der Waals surface area contributed by atoms with Crippen LogP contribution in [0.4, 0.5) is 0 Å². The van der Waals surface area contributed by atoms with Crippen LogP contribution < -0.4 is 5.32 Å². The predicted octanol–water partition coefficient (Wildman–Crippen LogP) is 1.94. The molecular weight excluding hydrogens is 202 g/mol. The molecule has 96 valence electrons. The normalized spacial score (nSPS) is 28.7. The van der Waals surface area contributed by atoms with Gasteiger partial charge in [0, 0.05) is 25.3 Å². The van der Waals surface area contributed by atoms with Gasteiger partial charge in [0.1, 0.15) is 0 Å². The lowest BCUT2D eigenvalue weighted by molar-refractivity contribution is 0.111. The van der Waals surface area contributed by atoms with Crippen LogP contribution >= 0.6 is 0 Å². The van der Waals surface area contributed by atoms with Crippen LogP contribution in [0.25, 0.3) is 0 Å². The first-order valence-electron chi connectivity index (χ1n) is 6.72. The molecular formula is C13H27NO2. The molecule has 1 aliphatic carbocycles. The van der Waals surface area contributed by atoms with Crippen molar-refractivity contribution in [1.82, 2.24) is 5.32 Å². The minimum atomic E-state index is 0.318. The highest BCUT2D eigenvalue weighted by Crippen LogP contribution is 2.23. The van der Waals surface area contributed by atoms with Gasteiger partial charge in [0.25, 0.3) is 0 Å². The molecule has 1 fully saturated rings. The third-order valence-electron chi connectivity index (χ3n) is 3.46. The topological polar surface area (TPSA) is 41.5 Å². The molecule has 3 nitrogen and oxygen atoms in total. The van der Waals surface area contributed by atoms with E-state index in [2.05, 4.69) is 12.2 Å². The van der Waals surface area contributed by atoms with E-state index >= 15 is 0 Å². The maximum Gasteiger partial charge on any atom is 0.0616 e. The van der Waals surface area contributed by atoms with Crippen LogP contribution in [0.3, 0.4) is 0 Å². The van der Waals surface area contributed by atoms with Gasteiger partial charge in [-0.3, -0.25) is 0 Å². The highest BCUT2D eigenvalue weighted by Gasteiger charge is 2.23. The summed E-state index contributed by atoms with van der Waals surface area (Å²) in [7, 11) is 0. The van der Waals surface area contributed by atoms with E-state index in [0.29, 0.717) is 24.6 Å². The van der Waals surface area contributed by atoms with Gasteiger partial charge in [-0.05, 0) is 32.6 Å². The van der Waals surface area contributed by atoms with Crippen LogP contribution in [-0.2, 0) is 4.74 Å². The Kier molecular flexibility index (Phi) is 7.01. The van der Waals surface area contributed by atoms with Crippen LogP contribution in [0.1, 0.15) is 46.0 Å².